The quantitative estimate of drug-likeness (QED) is 0.121. The Hall–Kier alpha value is -2.68. The molecule has 2 aromatic rings. The summed E-state index contributed by atoms with van der Waals surface area (Å²) in [7, 11) is 2.92. The normalized spacial score (nSPS) is 18.8. The summed E-state index contributed by atoms with van der Waals surface area (Å²) in [6.45, 7) is 0.328. The van der Waals surface area contributed by atoms with Crippen molar-refractivity contribution in [3.63, 3.8) is 0 Å². The second-order valence-corrected chi connectivity index (χ2v) is 10.1. The van der Waals surface area contributed by atoms with Gasteiger partial charge in [-0.3, -0.25) is 10.2 Å². The van der Waals surface area contributed by atoms with Crippen LogP contribution in [0.15, 0.2) is 78.1 Å². The van der Waals surface area contributed by atoms with E-state index in [1.807, 2.05) is 0 Å². The molecule has 37 heavy (non-hydrogen) atoms. The SMILES string of the molecule is COc1cc(CCC=CC(=O)NNCCC2=CC=C(O)C(OC)(c3ccc(Cl)cc3)C2(Cl)Cl)ccc1O. The van der Waals surface area contributed by atoms with Crippen LogP contribution < -0.4 is 15.6 Å². The lowest BCUT2D eigenvalue weighted by Crippen LogP contribution is -2.50. The average Bonchev–Trinajstić information content (AvgIpc) is 2.87. The number of allylic oxidation sites excluding steroid dienone is 3. The van der Waals surface area contributed by atoms with Crippen LogP contribution in [-0.4, -0.2) is 41.2 Å². The molecule has 1 aliphatic rings. The number of amides is 1. The Morgan fingerprint density at radius 1 is 1.05 bits per heavy atom. The van der Waals surface area contributed by atoms with Gasteiger partial charge >= 0.3 is 0 Å². The van der Waals surface area contributed by atoms with E-state index in [0.29, 0.717) is 47.7 Å². The summed E-state index contributed by atoms with van der Waals surface area (Å²) in [5, 5.41) is 20.9. The summed E-state index contributed by atoms with van der Waals surface area (Å²) in [6.07, 6.45) is 8.03. The predicted octanol–water partition coefficient (Wildman–Crippen LogP) is 5.65. The average molecular weight is 568 g/mol. The fourth-order valence-corrected chi connectivity index (χ4v) is 5.11. The zero-order valence-electron chi connectivity index (χ0n) is 20.4. The minimum atomic E-state index is -1.63. The molecule has 0 spiro atoms. The van der Waals surface area contributed by atoms with E-state index in [-0.39, 0.29) is 17.4 Å². The molecular weight excluding hydrogens is 539 g/mol. The van der Waals surface area contributed by atoms with E-state index in [4.69, 9.17) is 44.3 Å². The number of hydrazine groups is 1. The van der Waals surface area contributed by atoms with Crippen molar-refractivity contribution in [3.05, 3.63) is 94.3 Å². The molecule has 0 heterocycles. The van der Waals surface area contributed by atoms with Gasteiger partial charge in [0.15, 0.2) is 21.4 Å². The Balaban J connectivity index is 1.52. The predicted molar refractivity (Wildman–Crippen MR) is 146 cm³/mol. The van der Waals surface area contributed by atoms with Gasteiger partial charge in [-0.05, 0) is 66.3 Å². The number of rotatable bonds is 11. The van der Waals surface area contributed by atoms with Crippen molar-refractivity contribution in [1.29, 1.82) is 0 Å². The van der Waals surface area contributed by atoms with Gasteiger partial charge in [0, 0.05) is 24.8 Å². The summed E-state index contributed by atoms with van der Waals surface area (Å²) < 4.78 is 9.20. The third kappa shape index (κ3) is 6.43. The molecule has 0 radical (unpaired) electrons. The van der Waals surface area contributed by atoms with Gasteiger partial charge < -0.3 is 19.7 Å². The second-order valence-electron chi connectivity index (χ2n) is 8.32. The number of nitrogens with one attached hydrogen (secondary N) is 2. The summed E-state index contributed by atoms with van der Waals surface area (Å²) in [6, 6.07) is 11.9. The van der Waals surface area contributed by atoms with Gasteiger partial charge in [-0.15, -0.1) is 0 Å². The molecular formula is C27H29Cl3N2O5. The van der Waals surface area contributed by atoms with Crippen LogP contribution in [0.25, 0.3) is 0 Å². The van der Waals surface area contributed by atoms with Gasteiger partial charge in [0.05, 0.1) is 7.11 Å². The second kappa shape index (κ2) is 12.7. The number of hydrogen-bond donors (Lipinski definition) is 4. The molecule has 198 valence electrons. The van der Waals surface area contributed by atoms with Crippen LogP contribution in [-0.2, 0) is 21.6 Å². The smallest absolute Gasteiger partial charge is 0.257 e. The number of carbonyl (C=O) groups is 1. The zero-order chi connectivity index (χ0) is 27.1. The number of hydrogen-bond acceptors (Lipinski definition) is 6. The monoisotopic (exact) mass is 566 g/mol. The van der Waals surface area contributed by atoms with Crippen LogP contribution in [0.5, 0.6) is 11.5 Å². The number of ether oxygens (including phenoxy) is 2. The standard InChI is InChI=1S/C27H29Cl3N2O5/c1-36-23-17-18(7-13-22(23)33)5-3-4-6-25(35)32-31-16-15-20-10-14-24(34)26(37-2,27(20,29)30)19-8-11-21(28)12-9-19/h4,6-14,17,31,33-34H,3,5,15-16H2,1-2H3,(H,32,35). The highest BCUT2D eigenvalue weighted by atomic mass is 35.5. The molecule has 0 fully saturated rings. The third-order valence-corrected chi connectivity index (χ3v) is 7.32. The van der Waals surface area contributed by atoms with Crippen molar-refractivity contribution in [2.24, 2.45) is 0 Å². The fourth-order valence-electron chi connectivity index (χ4n) is 4.10. The van der Waals surface area contributed by atoms with Gasteiger partial charge in [0.2, 0.25) is 0 Å². The summed E-state index contributed by atoms with van der Waals surface area (Å²) in [4.78, 5) is 12.1. The van der Waals surface area contributed by atoms with Crippen LogP contribution in [0.2, 0.25) is 5.02 Å². The molecule has 2 aromatic carbocycles. The van der Waals surface area contributed by atoms with Gasteiger partial charge in [-0.1, -0.05) is 65.2 Å². The van der Waals surface area contributed by atoms with E-state index < -0.39 is 9.93 Å². The van der Waals surface area contributed by atoms with Gasteiger partial charge in [0.25, 0.3) is 5.91 Å². The summed E-state index contributed by atoms with van der Waals surface area (Å²) >= 11 is 19.7. The Kier molecular flexibility index (Phi) is 9.93. The van der Waals surface area contributed by atoms with Gasteiger partial charge in [-0.2, -0.15) is 0 Å². The number of phenolic OH excluding ortho intramolecular Hbond substituents is 1. The molecule has 3 rings (SSSR count). The van der Waals surface area contributed by atoms with E-state index >= 15 is 0 Å². The van der Waals surface area contributed by atoms with Crippen molar-refractivity contribution >= 4 is 40.7 Å². The first kappa shape index (κ1) is 28.9. The van der Waals surface area contributed by atoms with Crippen molar-refractivity contribution in [3.8, 4) is 11.5 Å². The maximum absolute atomic E-state index is 12.1. The maximum Gasteiger partial charge on any atom is 0.257 e. The van der Waals surface area contributed by atoms with Crippen molar-refractivity contribution in [2.75, 3.05) is 20.8 Å². The Labute approximate surface area is 231 Å². The molecule has 0 aliphatic heterocycles. The maximum atomic E-state index is 12.1. The molecule has 1 aliphatic carbocycles. The first-order chi connectivity index (χ1) is 17.7. The van der Waals surface area contributed by atoms with Crippen molar-refractivity contribution in [2.45, 2.75) is 29.2 Å². The minimum absolute atomic E-state index is 0.0857. The lowest BCUT2D eigenvalue weighted by molar-refractivity contribution is -0.117. The Bertz CT molecular complexity index is 1200. The number of aromatic hydroxyl groups is 1. The van der Waals surface area contributed by atoms with Crippen LogP contribution in [0, 0.1) is 0 Å². The van der Waals surface area contributed by atoms with E-state index in [0.717, 1.165) is 5.56 Å². The van der Waals surface area contributed by atoms with Crippen LogP contribution in [0.1, 0.15) is 24.0 Å². The number of benzene rings is 2. The highest BCUT2D eigenvalue weighted by molar-refractivity contribution is 6.51. The highest BCUT2D eigenvalue weighted by Gasteiger charge is 2.57. The Morgan fingerprint density at radius 3 is 2.46 bits per heavy atom. The number of phenols is 1. The van der Waals surface area contributed by atoms with Crippen molar-refractivity contribution < 1.29 is 24.5 Å². The number of carbonyl (C=O) groups excluding carboxylic acids is 1. The first-order valence-electron chi connectivity index (χ1n) is 11.5. The number of aliphatic hydroxyl groups is 1. The van der Waals surface area contributed by atoms with E-state index in [1.165, 1.54) is 26.4 Å². The van der Waals surface area contributed by atoms with Crippen LogP contribution in [0.3, 0.4) is 0 Å². The summed E-state index contributed by atoms with van der Waals surface area (Å²) in [5.41, 5.74) is 6.05. The molecule has 1 atom stereocenters. The van der Waals surface area contributed by atoms with Crippen molar-refractivity contribution in [1.82, 2.24) is 10.9 Å². The van der Waals surface area contributed by atoms with Gasteiger partial charge in [-0.25, -0.2) is 5.43 Å². The zero-order valence-corrected chi connectivity index (χ0v) is 22.7. The number of aliphatic hydroxyl groups excluding tert-OH is 1. The molecule has 4 N–H and O–H groups in total. The number of halogens is 3. The molecule has 0 bridgehead atoms. The molecule has 0 saturated carbocycles. The number of methoxy groups -OCH3 is 2. The van der Waals surface area contributed by atoms with Crippen LogP contribution >= 0.6 is 34.8 Å². The van der Waals surface area contributed by atoms with E-state index in [9.17, 15) is 15.0 Å². The highest BCUT2D eigenvalue weighted by Crippen LogP contribution is 2.55. The molecule has 0 saturated heterocycles. The lowest BCUT2D eigenvalue weighted by Gasteiger charge is -2.44. The lowest BCUT2D eigenvalue weighted by atomic mass is 9.80. The van der Waals surface area contributed by atoms with Gasteiger partial charge in [0.1, 0.15) is 5.76 Å². The van der Waals surface area contributed by atoms with E-state index in [2.05, 4.69) is 10.9 Å². The minimum Gasteiger partial charge on any atom is -0.509 e. The summed E-state index contributed by atoms with van der Waals surface area (Å²) in [5.74, 6) is 0.0515. The number of alkyl halides is 2. The molecule has 7 nitrogen and oxygen atoms in total. The van der Waals surface area contributed by atoms with E-state index in [1.54, 1.807) is 54.6 Å². The number of aryl methyl sites for hydroxylation is 1. The molecule has 0 aromatic heterocycles. The Morgan fingerprint density at radius 2 is 1.78 bits per heavy atom. The fraction of sp³-hybridized carbons (Fsp3) is 0.296. The third-order valence-electron chi connectivity index (χ3n) is 6.05. The topological polar surface area (TPSA) is 100 Å². The van der Waals surface area contributed by atoms with Crippen LogP contribution in [0.4, 0.5) is 0 Å². The molecule has 1 amide bonds. The molecule has 10 heteroatoms. The largest absolute Gasteiger partial charge is 0.509 e. The first-order valence-corrected chi connectivity index (χ1v) is 12.6. The molecule has 1 unspecified atom stereocenters.